The van der Waals surface area contributed by atoms with Gasteiger partial charge in [-0.25, -0.2) is 0 Å². The average Bonchev–Trinajstić information content (AvgIpc) is 2.94. The van der Waals surface area contributed by atoms with E-state index in [4.69, 9.17) is 22.1 Å². The molecule has 1 fully saturated rings. The van der Waals surface area contributed by atoms with Gasteiger partial charge in [-0.1, -0.05) is 31.9 Å². The molecule has 1 heterocycles. The van der Waals surface area contributed by atoms with Gasteiger partial charge >= 0.3 is 0 Å². The maximum Gasteiger partial charge on any atom is 0.125 e. The molecular formula is C17H24ClNO. The van der Waals surface area contributed by atoms with Crippen molar-refractivity contribution >= 4 is 11.6 Å². The molecule has 0 saturated heterocycles. The molecule has 1 aliphatic heterocycles. The second-order valence-corrected chi connectivity index (χ2v) is 7.44. The third-order valence-electron chi connectivity index (χ3n) is 5.14. The van der Waals surface area contributed by atoms with Gasteiger partial charge in [0.15, 0.2) is 0 Å². The number of hydrogen-bond acceptors (Lipinski definition) is 2. The van der Waals surface area contributed by atoms with Crippen LogP contribution < -0.4 is 10.5 Å². The zero-order valence-electron chi connectivity index (χ0n) is 12.4. The fourth-order valence-electron chi connectivity index (χ4n) is 4.04. The van der Waals surface area contributed by atoms with Crippen molar-refractivity contribution in [3.05, 3.63) is 28.3 Å². The van der Waals surface area contributed by atoms with Gasteiger partial charge in [-0.05, 0) is 53.9 Å². The summed E-state index contributed by atoms with van der Waals surface area (Å²) in [4.78, 5) is 0. The molecule has 2 atom stereocenters. The van der Waals surface area contributed by atoms with Crippen LogP contribution in [0.25, 0.3) is 0 Å². The summed E-state index contributed by atoms with van der Waals surface area (Å²) in [6, 6.07) is 4.26. The molecule has 0 bridgehead atoms. The van der Waals surface area contributed by atoms with Crippen LogP contribution in [0.5, 0.6) is 5.75 Å². The van der Waals surface area contributed by atoms with Crippen LogP contribution in [0.3, 0.4) is 0 Å². The standard InChI is InChI=1S/C17H24ClNO/c1-17(2)6-3-4-14(17)15(19)10-12-9-13(18)8-11-5-7-20-16(11)12/h8-9,14-15H,3-7,10,19H2,1-2H3. The number of benzene rings is 1. The zero-order chi connectivity index (χ0) is 14.3. The average molecular weight is 294 g/mol. The number of ether oxygens (including phenoxy) is 1. The summed E-state index contributed by atoms with van der Waals surface area (Å²) in [5, 5.41) is 0.808. The van der Waals surface area contributed by atoms with E-state index in [1.54, 1.807) is 0 Å². The Morgan fingerprint density at radius 2 is 2.25 bits per heavy atom. The SMILES string of the molecule is CC1(C)CCCC1C(N)Cc1cc(Cl)cc2c1OCC2. The highest BCUT2D eigenvalue weighted by Gasteiger charge is 2.38. The van der Waals surface area contributed by atoms with Gasteiger partial charge in [0.05, 0.1) is 6.61 Å². The fraction of sp³-hybridized carbons (Fsp3) is 0.647. The van der Waals surface area contributed by atoms with E-state index in [-0.39, 0.29) is 6.04 Å². The van der Waals surface area contributed by atoms with Gasteiger partial charge in [0.2, 0.25) is 0 Å². The van der Waals surface area contributed by atoms with E-state index in [2.05, 4.69) is 13.8 Å². The lowest BCUT2D eigenvalue weighted by Gasteiger charge is -2.32. The molecule has 1 aliphatic carbocycles. The summed E-state index contributed by atoms with van der Waals surface area (Å²) in [5.74, 6) is 1.64. The quantitative estimate of drug-likeness (QED) is 0.915. The van der Waals surface area contributed by atoms with Crippen molar-refractivity contribution in [3.8, 4) is 5.75 Å². The van der Waals surface area contributed by atoms with Crippen LogP contribution in [0.2, 0.25) is 5.02 Å². The number of fused-ring (bicyclic) bond motifs is 1. The molecule has 20 heavy (non-hydrogen) atoms. The normalized spacial score (nSPS) is 25.3. The van der Waals surface area contributed by atoms with Crippen LogP contribution in [-0.2, 0) is 12.8 Å². The monoisotopic (exact) mass is 293 g/mol. The molecule has 1 aromatic rings. The first-order valence-corrected chi connectivity index (χ1v) is 8.05. The maximum atomic E-state index is 6.53. The Balaban J connectivity index is 1.81. The Bertz CT molecular complexity index is 512. The topological polar surface area (TPSA) is 35.2 Å². The van der Waals surface area contributed by atoms with Crippen molar-refractivity contribution in [1.82, 2.24) is 0 Å². The van der Waals surface area contributed by atoms with Crippen LogP contribution in [0.15, 0.2) is 12.1 Å². The zero-order valence-corrected chi connectivity index (χ0v) is 13.2. The Morgan fingerprint density at radius 1 is 1.45 bits per heavy atom. The van der Waals surface area contributed by atoms with Crippen molar-refractivity contribution in [2.75, 3.05) is 6.61 Å². The number of nitrogens with two attached hydrogens (primary N) is 1. The molecule has 1 aromatic carbocycles. The largest absolute Gasteiger partial charge is 0.493 e. The predicted octanol–water partition coefficient (Wildman–Crippen LogP) is 3.97. The number of rotatable bonds is 3. The van der Waals surface area contributed by atoms with Crippen molar-refractivity contribution in [2.45, 2.75) is 52.0 Å². The molecule has 0 aromatic heterocycles. The van der Waals surface area contributed by atoms with E-state index in [0.717, 1.165) is 30.2 Å². The first-order chi connectivity index (χ1) is 9.47. The Labute approximate surface area is 126 Å². The summed E-state index contributed by atoms with van der Waals surface area (Å²) in [7, 11) is 0. The highest BCUT2D eigenvalue weighted by molar-refractivity contribution is 6.30. The smallest absolute Gasteiger partial charge is 0.125 e. The van der Waals surface area contributed by atoms with Crippen LogP contribution in [0, 0.1) is 11.3 Å². The molecule has 1 saturated carbocycles. The van der Waals surface area contributed by atoms with E-state index in [1.165, 1.54) is 30.4 Å². The molecule has 0 spiro atoms. The molecule has 2 aliphatic rings. The van der Waals surface area contributed by atoms with Gasteiger partial charge in [-0.15, -0.1) is 0 Å². The summed E-state index contributed by atoms with van der Waals surface area (Å²) < 4.78 is 5.79. The molecule has 3 heteroatoms. The van der Waals surface area contributed by atoms with E-state index in [9.17, 15) is 0 Å². The van der Waals surface area contributed by atoms with Crippen LogP contribution in [0.1, 0.15) is 44.2 Å². The fourth-order valence-corrected chi connectivity index (χ4v) is 4.30. The molecule has 2 nitrogen and oxygen atoms in total. The van der Waals surface area contributed by atoms with Crippen LogP contribution >= 0.6 is 11.6 Å². The van der Waals surface area contributed by atoms with Gasteiger partial charge in [0, 0.05) is 17.5 Å². The maximum absolute atomic E-state index is 6.53. The first-order valence-electron chi connectivity index (χ1n) is 7.67. The van der Waals surface area contributed by atoms with Gasteiger partial charge in [-0.3, -0.25) is 0 Å². The lowest BCUT2D eigenvalue weighted by atomic mass is 9.76. The first kappa shape index (κ1) is 14.2. The summed E-state index contributed by atoms with van der Waals surface area (Å²) in [5.41, 5.74) is 9.33. The number of halogens is 1. The molecule has 110 valence electrons. The van der Waals surface area contributed by atoms with Crippen molar-refractivity contribution in [3.63, 3.8) is 0 Å². The lowest BCUT2D eigenvalue weighted by molar-refractivity contribution is 0.219. The minimum Gasteiger partial charge on any atom is -0.493 e. The Morgan fingerprint density at radius 3 is 2.95 bits per heavy atom. The Kier molecular flexibility index (Phi) is 3.72. The predicted molar refractivity (Wildman–Crippen MR) is 83.5 cm³/mol. The second kappa shape index (κ2) is 5.23. The van der Waals surface area contributed by atoms with Crippen LogP contribution in [0.4, 0.5) is 0 Å². The lowest BCUT2D eigenvalue weighted by Crippen LogP contribution is -2.38. The van der Waals surface area contributed by atoms with E-state index < -0.39 is 0 Å². The molecular weight excluding hydrogens is 270 g/mol. The molecule has 2 N–H and O–H groups in total. The van der Waals surface area contributed by atoms with Gasteiger partial charge in [0.25, 0.3) is 0 Å². The third kappa shape index (κ3) is 2.56. The Hall–Kier alpha value is -0.730. The van der Waals surface area contributed by atoms with Crippen molar-refractivity contribution < 1.29 is 4.74 Å². The van der Waals surface area contributed by atoms with E-state index in [1.807, 2.05) is 12.1 Å². The third-order valence-corrected chi connectivity index (χ3v) is 5.36. The highest BCUT2D eigenvalue weighted by Crippen LogP contribution is 2.45. The van der Waals surface area contributed by atoms with E-state index >= 15 is 0 Å². The molecule has 3 rings (SSSR count). The van der Waals surface area contributed by atoms with Gasteiger partial charge < -0.3 is 10.5 Å². The second-order valence-electron chi connectivity index (χ2n) is 7.01. The highest BCUT2D eigenvalue weighted by atomic mass is 35.5. The minimum absolute atomic E-state index is 0.194. The summed E-state index contributed by atoms with van der Waals surface area (Å²) >= 11 is 6.23. The van der Waals surface area contributed by atoms with E-state index in [0.29, 0.717) is 11.3 Å². The molecule has 0 radical (unpaired) electrons. The number of hydrogen-bond donors (Lipinski definition) is 1. The molecule has 2 unspecified atom stereocenters. The molecule has 0 amide bonds. The summed E-state index contributed by atoms with van der Waals surface area (Å²) in [6.07, 6.45) is 5.67. The van der Waals surface area contributed by atoms with Gasteiger partial charge in [0.1, 0.15) is 5.75 Å². The van der Waals surface area contributed by atoms with Crippen molar-refractivity contribution in [1.29, 1.82) is 0 Å². The minimum atomic E-state index is 0.194. The van der Waals surface area contributed by atoms with Crippen LogP contribution in [-0.4, -0.2) is 12.6 Å². The summed E-state index contributed by atoms with van der Waals surface area (Å²) in [6.45, 7) is 5.47. The van der Waals surface area contributed by atoms with Gasteiger partial charge in [-0.2, -0.15) is 0 Å². The van der Waals surface area contributed by atoms with Crippen molar-refractivity contribution in [2.24, 2.45) is 17.1 Å².